The molecule has 2 aromatic carbocycles. The van der Waals surface area contributed by atoms with Crippen LogP contribution in [0, 0.1) is 11.3 Å². The van der Waals surface area contributed by atoms with Crippen LogP contribution in [0.1, 0.15) is 35.3 Å². The summed E-state index contributed by atoms with van der Waals surface area (Å²) in [5.74, 6) is -0.861. The van der Waals surface area contributed by atoms with Crippen LogP contribution in [0.5, 0.6) is 0 Å². The van der Waals surface area contributed by atoms with E-state index in [1.54, 1.807) is 30.0 Å². The van der Waals surface area contributed by atoms with Crippen molar-refractivity contribution in [3.05, 3.63) is 65.2 Å². The van der Waals surface area contributed by atoms with Crippen molar-refractivity contribution >= 4 is 17.6 Å². The number of carbonyl (C=O) groups is 2. The van der Waals surface area contributed by atoms with Crippen LogP contribution in [0.15, 0.2) is 48.5 Å². The normalized spacial score (nSPS) is 16.7. The van der Waals surface area contributed by atoms with Crippen molar-refractivity contribution in [3.63, 3.8) is 0 Å². The van der Waals surface area contributed by atoms with E-state index in [4.69, 9.17) is 10.00 Å². The molecule has 0 N–H and O–H groups in total. The van der Waals surface area contributed by atoms with E-state index in [-0.39, 0.29) is 17.5 Å². The highest BCUT2D eigenvalue weighted by Gasteiger charge is 2.34. The molecule has 2 atom stereocenters. The fraction of sp³-hybridized carbons (Fsp3) is 0.250. The van der Waals surface area contributed by atoms with E-state index in [0.717, 1.165) is 17.7 Å². The second-order valence-corrected chi connectivity index (χ2v) is 6.13. The number of nitriles is 1. The summed E-state index contributed by atoms with van der Waals surface area (Å²) in [6.07, 6.45) is -0.126. The first-order valence-electron chi connectivity index (χ1n) is 8.13. The van der Waals surface area contributed by atoms with Crippen LogP contribution in [-0.2, 0) is 16.0 Å². The molecule has 0 bridgehead atoms. The molecule has 0 fully saturated rings. The van der Waals surface area contributed by atoms with Crippen LogP contribution in [0.4, 0.5) is 5.69 Å². The fourth-order valence-corrected chi connectivity index (χ4v) is 3.09. The maximum absolute atomic E-state index is 12.8. The summed E-state index contributed by atoms with van der Waals surface area (Å²) < 4.78 is 5.33. The lowest BCUT2D eigenvalue weighted by Gasteiger charge is -2.25. The van der Waals surface area contributed by atoms with Gasteiger partial charge < -0.3 is 9.64 Å². The smallest absolute Gasteiger partial charge is 0.338 e. The molecule has 0 aliphatic carbocycles. The molecule has 0 unspecified atom stereocenters. The minimum atomic E-state index is -0.910. The Balaban J connectivity index is 1.75. The zero-order valence-electron chi connectivity index (χ0n) is 14.1. The molecule has 5 nitrogen and oxygen atoms in total. The average molecular weight is 334 g/mol. The van der Waals surface area contributed by atoms with Gasteiger partial charge >= 0.3 is 5.97 Å². The molecule has 0 spiro atoms. The summed E-state index contributed by atoms with van der Waals surface area (Å²) in [7, 11) is 0. The van der Waals surface area contributed by atoms with Gasteiger partial charge in [0.1, 0.15) is 0 Å². The van der Waals surface area contributed by atoms with Gasteiger partial charge in [-0.1, -0.05) is 24.3 Å². The van der Waals surface area contributed by atoms with Gasteiger partial charge in [0.2, 0.25) is 0 Å². The number of benzene rings is 2. The minimum absolute atomic E-state index is 0.0213. The first-order chi connectivity index (χ1) is 12.0. The summed E-state index contributed by atoms with van der Waals surface area (Å²) in [5, 5.41) is 8.92. The number of para-hydroxylation sites is 1. The molecule has 2 aromatic rings. The third-order valence-electron chi connectivity index (χ3n) is 4.30. The van der Waals surface area contributed by atoms with Crippen molar-refractivity contribution in [2.75, 3.05) is 4.90 Å². The Kier molecular flexibility index (Phi) is 4.53. The molecule has 126 valence electrons. The quantitative estimate of drug-likeness (QED) is 0.809. The third-order valence-corrected chi connectivity index (χ3v) is 4.30. The van der Waals surface area contributed by atoms with E-state index in [1.165, 1.54) is 6.07 Å². The van der Waals surface area contributed by atoms with E-state index in [2.05, 4.69) is 0 Å². The van der Waals surface area contributed by atoms with E-state index < -0.39 is 12.1 Å². The van der Waals surface area contributed by atoms with E-state index >= 15 is 0 Å². The molecule has 1 heterocycles. The molecular formula is C20H18N2O3. The molecule has 1 amide bonds. The molecule has 5 heteroatoms. The highest BCUT2D eigenvalue weighted by Crippen LogP contribution is 2.32. The molecule has 1 aliphatic rings. The van der Waals surface area contributed by atoms with E-state index in [0.29, 0.717) is 5.56 Å². The van der Waals surface area contributed by atoms with Crippen LogP contribution in [0.2, 0.25) is 0 Å². The lowest BCUT2D eigenvalue weighted by molar-refractivity contribution is -0.126. The van der Waals surface area contributed by atoms with Gasteiger partial charge in [0, 0.05) is 11.7 Å². The van der Waals surface area contributed by atoms with Crippen LogP contribution < -0.4 is 4.90 Å². The van der Waals surface area contributed by atoms with Crippen molar-refractivity contribution in [1.82, 2.24) is 0 Å². The summed E-state index contributed by atoms with van der Waals surface area (Å²) in [6.45, 7) is 3.55. The molecule has 1 aliphatic heterocycles. The maximum Gasteiger partial charge on any atom is 0.338 e. The highest BCUT2D eigenvalue weighted by atomic mass is 16.5. The summed E-state index contributed by atoms with van der Waals surface area (Å²) >= 11 is 0. The Morgan fingerprint density at radius 3 is 2.76 bits per heavy atom. The number of hydrogen-bond acceptors (Lipinski definition) is 4. The second-order valence-electron chi connectivity index (χ2n) is 6.13. The van der Waals surface area contributed by atoms with E-state index in [9.17, 15) is 9.59 Å². The summed E-state index contributed by atoms with van der Waals surface area (Å²) in [4.78, 5) is 26.8. The predicted octanol–water partition coefficient (Wildman–Crippen LogP) is 3.08. The second kappa shape index (κ2) is 6.78. The Hall–Kier alpha value is -3.13. The lowest BCUT2D eigenvalue weighted by atomic mass is 10.1. The van der Waals surface area contributed by atoms with Crippen LogP contribution in [0.3, 0.4) is 0 Å². The summed E-state index contributed by atoms with van der Waals surface area (Å²) in [6, 6.07) is 16.0. The Labute approximate surface area is 146 Å². The topological polar surface area (TPSA) is 70.4 Å². The number of amides is 1. The predicted molar refractivity (Wildman–Crippen MR) is 93.1 cm³/mol. The van der Waals surface area contributed by atoms with Gasteiger partial charge in [-0.15, -0.1) is 0 Å². The monoisotopic (exact) mass is 334 g/mol. The van der Waals surface area contributed by atoms with Gasteiger partial charge in [-0.3, -0.25) is 4.79 Å². The van der Waals surface area contributed by atoms with E-state index in [1.807, 2.05) is 37.3 Å². The van der Waals surface area contributed by atoms with Gasteiger partial charge in [-0.05, 0) is 50.1 Å². The van der Waals surface area contributed by atoms with Gasteiger partial charge in [0.25, 0.3) is 5.91 Å². The van der Waals surface area contributed by atoms with Crippen LogP contribution in [0.25, 0.3) is 0 Å². The van der Waals surface area contributed by atoms with Crippen LogP contribution in [-0.4, -0.2) is 24.0 Å². The summed E-state index contributed by atoms with van der Waals surface area (Å²) in [5.41, 5.74) is 2.61. The number of hydrogen-bond donors (Lipinski definition) is 0. The average Bonchev–Trinajstić information content (AvgIpc) is 2.96. The molecule has 25 heavy (non-hydrogen) atoms. The molecule has 0 aromatic heterocycles. The third kappa shape index (κ3) is 3.24. The van der Waals surface area contributed by atoms with Crippen molar-refractivity contribution in [1.29, 1.82) is 5.26 Å². The number of rotatable bonds is 3. The Bertz CT molecular complexity index is 869. The molecule has 0 saturated carbocycles. The zero-order chi connectivity index (χ0) is 18.0. The maximum atomic E-state index is 12.8. The number of anilines is 1. The van der Waals surface area contributed by atoms with Crippen molar-refractivity contribution in [2.45, 2.75) is 32.4 Å². The van der Waals surface area contributed by atoms with Crippen molar-refractivity contribution in [3.8, 4) is 6.07 Å². The minimum Gasteiger partial charge on any atom is -0.449 e. The number of ether oxygens (including phenoxy) is 1. The van der Waals surface area contributed by atoms with Gasteiger partial charge in [-0.2, -0.15) is 5.26 Å². The Morgan fingerprint density at radius 1 is 1.24 bits per heavy atom. The van der Waals surface area contributed by atoms with Crippen molar-refractivity contribution < 1.29 is 14.3 Å². The molecule has 3 rings (SSSR count). The number of carbonyl (C=O) groups excluding carboxylic acids is 2. The highest BCUT2D eigenvalue weighted by molar-refractivity contribution is 6.01. The zero-order valence-corrected chi connectivity index (χ0v) is 14.1. The first-order valence-corrected chi connectivity index (χ1v) is 8.13. The molecule has 0 saturated heterocycles. The van der Waals surface area contributed by atoms with Crippen LogP contribution >= 0.6 is 0 Å². The molecular weight excluding hydrogens is 316 g/mol. The first kappa shape index (κ1) is 16.7. The fourth-order valence-electron chi connectivity index (χ4n) is 3.09. The Morgan fingerprint density at radius 2 is 2.00 bits per heavy atom. The van der Waals surface area contributed by atoms with Gasteiger partial charge in [-0.25, -0.2) is 4.79 Å². The van der Waals surface area contributed by atoms with Crippen molar-refractivity contribution in [2.24, 2.45) is 0 Å². The largest absolute Gasteiger partial charge is 0.449 e. The number of nitrogens with zero attached hydrogens (tertiary/aromatic N) is 2. The number of esters is 1. The molecule has 0 radical (unpaired) electrons. The SMILES string of the molecule is C[C@@H](OC(=O)c1cccc(C#N)c1)C(=O)N1c2ccccc2C[C@@H]1C. The lowest BCUT2D eigenvalue weighted by Crippen LogP contribution is -2.43. The van der Waals surface area contributed by atoms with Gasteiger partial charge in [0.05, 0.1) is 17.2 Å². The standard InChI is InChI=1S/C20H18N2O3/c1-13-10-16-7-3-4-9-18(16)22(13)19(23)14(2)25-20(24)17-8-5-6-15(11-17)12-21/h3-9,11,13-14H,10H2,1-2H3/t13-,14+/m0/s1. The number of fused-ring (bicyclic) bond motifs is 1. The van der Waals surface area contributed by atoms with Gasteiger partial charge in [0.15, 0.2) is 6.10 Å².